The first-order chi connectivity index (χ1) is 7.09. The molecule has 15 heavy (non-hydrogen) atoms. The molecule has 76 valence electrons. The highest BCUT2D eigenvalue weighted by atomic mass is 16.1. The first-order valence-electron chi connectivity index (χ1n) is 5.21. The summed E-state index contributed by atoms with van der Waals surface area (Å²) in [6, 6.07) is 6.13. The van der Waals surface area contributed by atoms with E-state index in [1.807, 2.05) is 20.0 Å². The summed E-state index contributed by atoms with van der Waals surface area (Å²) in [6.07, 6.45) is 1.76. The fourth-order valence-corrected chi connectivity index (χ4v) is 1.78. The number of H-pyrrole nitrogens is 1. The zero-order chi connectivity index (χ0) is 11.0. The molecule has 0 spiro atoms. The number of nitrogens with one attached hydrogen (secondary N) is 1. The predicted molar refractivity (Wildman–Crippen MR) is 66.8 cm³/mol. The van der Waals surface area contributed by atoms with Gasteiger partial charge in [-0.2, -0.15) is 0 Å². The summed E-state index contributed by atoms with van der Waals surface area (Å²) in [6.45, 7) is 4.26. The molecule has 0 bridgehead atoms. The molecule has 3 heteroatoms. The molecule has 2 rings (SSSR count). The van der Waals surface area contributed by atoms with Crippen molar-refractivity contribution in [3.8, 4) is 0 Å². The van der Waals surface area contributed by atoms with E-state index in [0.717, 1.165) is 16.2 Å². The summed E-state index contributed by atoms with van der Waals surface area (Å²) < 4.78 is 0. The zero-order valence-electron chi connectivity index (χ0n) is 9.29. The van der Waals surface area contributed by atoms with Gasteiger partial charge in [-0.05, 0) is 29.1 Å². The molecule has 1 aromatic heterocycles. The van der Waals surface area contributed by atoms with Crippen LogP contribution in [0.4, 0.5) is 0 Å². The Morgan fingerprint density at radius 3 is 2.67 bits per heavy atom. The third kappa shape index (κ3) is 1.69. The number of fused-ring (bicyclic) bond motifs is 1. The summed E-state index contributed by atoms with van der Waals surface area (Å²) in [7, 11) is 2.01. The van der Waals surface area contributed by atoms with Gasteiger partial charge in [0.2, 0.25) is 0 Å². The van der Waals surface area contributed by atoms with Crippen molar-refractivity contribution < 1.29 is 0 Å². The van der Waals surface area contributed by atoms with Gasteiger partial charge in [0, 0.05) is 5.39 Å². The number of hydrogen-bond donors (Lipinski definition) is 1. The fourth-order valence-electron chi connectivity index (χ4n) is 1.78. The molecule has 2 aromatic rings. The van der Waals surface area contributed by atoms with Gasteiger partial charge >= 0.3 is 0 Å². The number of benzene rings is 1. The Balaban J connectivity index is 2.82. The second kappa shape index (κ2) is 3.57. The second-order valence-corrected chi connectivity index (χ2v) is 4.26. The number of hydrogen-bond acceptors (Lipinski definition) is 1. The van der Waals surface area contributed by atoms with Crippen LogP contribution in [0.5, 0.6) is 0 Å². The Bertz CT molecular complexity index is 557. The van der Waals surface area contributed by atoms with Gasteiger partial charge in [0.25, 0.3) is 5.56 Å². The van der Waals surface area contributed by atoms with Crippen LogP contribution in [0.1, 0.15) is 25.3 Å². The molecule has 0 aliphatic rings. The lowest BCUT2D eigenvalue weighted by Crippen LogP contribution is -2.15. The van der Waals surface area contributed by atoms with Crippen molar-refractivity contribution in [1.29, 1.82) is 0 Å². The van der Waals surface area contributed by atoms with Crippen molar-refractivity contribution in [1.82, 2.24) is 4.98 Å². The van der Waals surface area contributed by atoms with Crippen molar-refractivity contribution >= 4 is 24.1 Å². The van der Waals surface area contributed by atoms with E-state index in [-0.39, 0.29) is 5.56 Å². The summed E-state index contributed by atoms with van der Waals surface area (Å²) in [5.74, 6) is 0.453. The average molecular weight is 199 g/mol. The number of pyridine rings is 1. The SMILES string of the molecule is Bc1c[nH]c(=O)c2cc(C(C)C)ccc12. The van der Waals surface area contributed by atoms with Crippen LogP contribution in [0.3, 0.4) is 0 Å². The zero-order valence-corrected chi connectivity index (χ0v) is 9.29. The van der Waals surface area contributed by atoms with E-state index in [9.17, 15) is 4.79 Å². The smallest absolute Gasteiger partial charge is 0.255 e. The quantitative estimate of drug-likeness (QED) is 0.680. The normalized spacial score (nSPS) is 11.1. The maximum atomic E-state index is 11.7. The van der Waals surface area contributed by atoms with E-state index >= 15 is 0 Å². The monoisotopic (exact) mass is 199 g/mol. The molecule has 1 N–H and O–H groups in total. The Morgan fingerprint density at radius 2 is 2.00 bits per heavy atom. The minimum absolute atomic E-state index is 0.00176. The van der Waals surface area contributed by atoms with Crippen LogP contribution in [-0.2, 0) is 0 Å². The van der Waals surface area contributed by atoms with E-state index < -0.39 is 0 Å². The van der Waals surface area contributed by atoms with Crippen LogP contribution in [0.2, 0.25) is 0 Å². The first kappa shape index (κ1) is 10.0. The molecular formula is C12H14BNO. The fraction of sp³-hybridized carbons (Fsp3) is 0.250. The van der Waals surface area contributed by atoms with Crippen LogP contribution in [0.15, 0.2) is 29.2 Å². The Hall–Kier alpha value is -1.51. The van der Waals surface area contributed by atoms with Gasteiger partial charge in [-0.15, -0.1) is 0 Å². The highest BCUT2D eigenvalue weighted by Crippen LogP contribution is 2.17. The minimum Gasteiger partial charge on any atom is -0.329 e. The van der Waals surface area contributed by atoms with E-state index in [0.29, 0.717) is 5.92 Å². The van der Waals surface area contributed by atoms with Gasteiger partial charge in [-0.25, -0.2) is 0 Å². The molecule has 0 saturated carbocycles. The molecular weight excluding hydrogens is 185 g/mol. The standard InChI is InChI=1S/C12H14BNO/c1-7(2)8-3-4-9-10(5-8)12(15)14-6-11(9)13/h3-7H,13H2,1-2H3,(H,14,15). The summed E-state index contributed by atoms with van der Waals surface area (Å²) in [4.78, 5) is 14.4. The molecule has 2 nitrogen and oxygen atoms in total. The van der Waals surface area contributed by atoms with Crippen molar-refractivity contribution in [2.75, 3.05) is 0 Å². The molecule has 0 radical (unpaired) electrons. The van der Waals surface area contributed by atoms with E-state index in [4.69, 9.17) is 0 Å². The number of rotatable bonds is 1. The van der Waals surface area contributed by atoms with E-state index in [1.165, 1.54) is 5.56 Å². The molecule has 0 saturated heterocycles. The van der Waals surface area contributed by atoms with Gasteiger partial charge in [0.05, 0.1) is 0 Å². The molecule has 0 atom stereocenters. The van der Waals surface area contributed by atoms with Gasteiger partial charge < -0.3 is 4.98 Å². The predicted octanol–water partition coefficient (Wildman–Crippen LogP) is 0.910. The second-order valence-electron chi connectivity index (χ2n) is 4.26. The third-order valence-electron chi connectivity index (χ3n) is 2.80. The molecule has 0 amide bonds. The molecule has 0 aliphatic carbocycles. The van der Waals surface area contributed by atoms with E-state index in [2.05, 4.69) is 24.9 Å². The average Bonchev–Trinajstić information content (AvgIpc) is 2.23. The summed E-state index contributed by atoms with van der Waals surface area (Å²) in [5.41, 5.74) is 2.32. The highest BCUT2D eigenvalue weighted by molar-refractivity contribution is 6.38. The van der Waals surface area contributed by atoms with Crippen molar-refractivity contribution in [3.05, 3.63) is 40.3 Å². The molecule has 0 fully saturated rings. The van der Waals surface area contributed by atoms with Gasteiger partial charge in [-0.3, -0.25) is 4.79 Å². The maximum absolute atomic E-state index is 11.7. The number of aromatic nitrogens is 1. The van der Waals surface area contributed by atoms with Gasteiger partial charge in [0.1, 0.15) is 7.85 Å². The summed E-state index contributed by atoms with van der Waals surface area (Å²) >= 11 is 0. The summed E-state index contributed by atoms with van der Waals surface area (Å²) in [5, 5.41) is 1.84. The molecule has 1 aromatic carbocycles. The van der Waals surface area contributed by atoms with Gasteiger partial charge in [-0.1, -0.05) is 31.4 Å². The van der Waals surface area contributed by atoms with Crippen LogP contribution < -0.4 is 11.0 Å². The van der Waals surface area contributed by atoms with Crippen molar-refractivity contribution in [2.24, 2.45) is 0 Å². The maximum Gasteiger partial charge on any atom is 0.255 e. The largest absolute Gasteiger partial charge is 0.329 e. The Labute approximate surface area is 89.7 Å². The molecule has 1 heterocycles. The first-order valence-corrected chi connectivity index (χ1v) is 5.21. The molecule has 0 aliphatic heterocycles. The Morgan fingerprint density at radius 1 is 1.27 bits per heavy atom. The molecule has 0 unspecified atom stereocenters. The Kier molecular flexibility index (Phi) is 2.39. The lowest BCUT2D eigenvalue weighted by Gasteiger charge is -2.07. The lowest BCUT2D eigenvalue weighted by molar-refractivity contribution is 0.868. The highest BCUT2D eigenvalue weighted by Gasteiger charge is 2.04. The third-order valence-corrected chi connectivity index (χ3v) is 2.80. The topological polar surface area (TPSA) is 32.9 Å². The van der Waals surface area contributed by atoms with E-state index in [1.54, 1.807) is 6.20 Å². The van der Waals surface area contributed by atoms with Crippen LogP contribution >= 0.6 is 0 Å². The van der Waals surface area contributed by atoms with Crippen molar-refractivity contribution in [2.45, 2.75) is 19.8 Å². The van der Waals surface area contributed by atoms with Crippen LogP contribution in [0.25, 0.3) is 10.8 Å². The van der Waals surface area contributed by atoms with Crippen LogP contribution in [-0.4, -0.2) is 12.8 Å². The van der Waals surface area contributed by atoms with Crippen molar-refractivity contribution in [3.63, 3.8) is 0 Å². The van der Waals surface area contributed by atoms with Gasteiger partial charge in [0.15, 0.2) is 0 Å². The lowest BCUT2D eigenvalue weighted by atomic mass is 9.90. The minimum atomic E-state index is -0.00176. The number of aromatic amines is 1. The van der Waals surface area contributed by atoms with Crippen LogP contribution in [0, 0.1) is 0 Å².